The van der Waals surface area contributed by atoms with Gasteiger partial charge in [-0.2, -0.15) is 0 Å². The molecule has 0 bridgehead atoms. The maximum absolute atomic E-state index is 4.64. The molecule has 0 fully saturated rings. The van der Waals surface area contributed by atoms with E-state index in [0.717, 1.165) is 30.5 Å². The third-order valence-corrected chi connectivity index (χ3v) is 4.67. The lowest BCUT2D eigenvalue weighted by molar-refractivity contribution is 0.803. The maximum atomic E-state index is 4.64. The Kier molecular flexibility index (Phi) is 7.70. The number of fused-ring (bicyclic) bond motifs is 1. The van der Waals surface area contributed by atoms with Crippen molar-refractivity contribution in [2.75, 3.05) is 13.1 Å². The first-order valence-electron chi connectivity index (χ1n) is 8.24. The highest BCUT2D eigenvalue weighted by Gasteiger charge is 2.04. The molecule has 0 amide bonds. The minimum atomic E-state index is 0. The van der Waals surface area contributed by atoms with Crippen molar-refractivity contribution >= 4 is 52.2 Å². The van der Waals surface area contributed by atoms with Crippen LogP contribution in [0.4, 0.5) is 0 Å². The monoisotopic (exact) mass is 469 g/mol. The molecule has 0 radical (unpaired) electrons. The summed E-state index contributed by atoms with van der Waals surface area (Å²) in [7, 11) is 0. The number of halogens is 1. The van der Waals surface area contributed by atoms with Crippen LogP contribution in [0, 0.1) is 6.92 Å². The fourth-order valence-corrected chi connectivity index (χ4v) is 3.35. The van der Waals surface area contributed by atoms with Crippen molar-refractivity contribution in [3.8, 4) is 0 Å². The molecular weight excluding hydrogens is 445 g/mol. The molecule has 0 aliphatic heterocycles. The molecule has 2 aromatic heterocycles. The van der Waals surface area contributed by atoms with Gasteiger partial charge in [0.25, 0.3) is 0 Å². The van der Waals surface area contributed by atoms with E-state index in [4.69, 9.17) is 0 Å². The van der Waals surface area contributed by atoms with E-state index in [2.05, 4.69) is 63.0 Å². The van der Waals surface area contributed by atoms with Gasteiger partial charge in [-0.1, -0.05) is 18.2 Å². The predicted molar refractivity (Wildman–Crippen MR) is 117 cm³/mol. The van der Waals surface area contributed by atoms with Crippen LogP contribution in [0.15, 0.2) is 41.7 Å². The summed E-state index contributed by atoms with van der Waals surface area (Å²) in [6.07, 6.45) is 4.95. The first-order chi connectivity index (χ1) is 11.8. The van der Waals surface area contributed by atoms with E-state index < -0.39 is 0 Å². The van der Waals surface area contributed by atoms with Crippen molar-refractivity contribution in [1.29, 1.82) is 0 Å². The van der Waals surface area contributed by atoms with Gasteiger partial charge < -0.3 is 15.6 Å². The Morgan fingerprint density at radius 1 is 1.28 bits per heavy atom. The summed E-state index contributed by atoms with van der Waals surface area (Å²) in [6.45, 7) is 6.44. The molecule has 0 saturated carbocycles. The smallest absolute Gasteiger partial charge is 0.191 e. The van der Waals surface area contributed by atoms with Gasteiger partial charge in [0.1, 0.15) is 0 Å². The summed E-state index contributed by atoms with van der Waals surface area (Å²) in [5, 5.41) is 9.08. The molecular formula is C18H24IN5S. The van der Waals surface area contributed by atoms with E-state index in [0.29, 0.717) is 6.54 Å². The maximum Gasteiger partial charge on any atom is 0.191 e. The summed E-state index contributed by atoms with van der Waals surface area (Å²) < 4.78 is 0. The minimum absolute atomic E-state index is 0. The van der Waals surface area contributed by atoms with Crippen molar-refractivity contribution in [3.63, 3.8) is 0 Å². The van der Waals surface area contributed by atoms with E-state index in [-0.39, 0.29) is 24.0 Å². The number of benzene rings is 1. The molecule has 0 unspecified atom stereocenters. The third-order valence-electron chi connectivity index (χ3n) is 3.77. The number of thiazole rings is 1. The van der Waals surface area contributed by atoms with Crippen molar-refractivity contribution in [1.82, 2.24) is 20.6 Å². The quantitative estimate of drug-likeness (QED) is 0.292. The van der Waals surface area contributed by atoms with Crippen LogP contribution in [0.25, 0.3) is 10.9 Å². The van der Waals surface area contributed by atoms with Crippen LogP contribution < -0.4 is 10.6 Å². The van der Waals surface area contributed by atoms with E-state index in [1.165, 1.54) is 21.3 Å². The van der Waals surface area contributed by atoms with Crippen LogP contribution in [-0.4, -0.2) is 29.0 Å². The Morgan fingerprint density at radius 3 is 2.88 bits per heavy atom. The van der Waals surface area contributed by atoms with E-state index >= 15 is 0 Å². The normalized spacial score (nSPS) is 11.4. The largest absolute Gasteiger partial charge is 0.361 e. The number of aromatic amines is 1. The number of rotatable bonds is 6. The molecule has 0 atom stereocenters. The second-order valence-electron chi connectivity index (χ2n) is 5.58. The van der Waals surface area contributed by atoms with Gasteiger partial charge in [-0.15, -0.1) is 35.3 Å². The third kappa shape index (κ3) is 5.43. The van der Waals surface area contributed by atoms with Crippen molar-refractivity contribution < 1.29 is 0 Å². The topological polar surface area (TPSA) is 65.1 Å². The minimum Gasteiger partial charge on any atom is -0.361 e. The lowest BCUT2D eigenvalue weighted by atomic mass is 10.1. The van der Waals surface area contributed by atoms with Crippen molar-refractivity contribution in [2.24, 2.45) is 4.99 Å². The standard InChI is InChI=1S/C18H23N5S.HI/c1-3-19-18(23-12-15-11-21-13(2)24-15)20-9-8-14-10-22-17-7-5-4-6-16(14)17;/h4-7,10-11,22H,3,8-9,12H2,1-2H3,(H2,19,20,23);1H. The van der Waals surface area contributed by atoms with Gasteiger partial charge in [0.05, 0.1) is 11.6 Å². The zero-order valence-electron chi connectivity index (χ0n) is 14.5. The zero-order valence-corrected chi connectivity index (χ0v) is 17.7. The molecule has 0 spiro atoms. The highest BCUT2D eigenvalue weighted by atomic mass is 127. The lowest BCUT2D eigenvalue weighted by Crippen LogP contribution is -2.38. The average Bonchev–Trinajstić information content (AvgIpc) is 3.19. The fraction of sp³-hybridized carbons (Fsp3) is 0.333. The predicted octanol–water partition coefficient (Wildman–Crippen LogP) is 3.85. The summed E-state index contributed by atoms with van der Waals surface area (Å²) in [4.78, 5) is 13.4. The van der Waals surface area contributed by atoms with Crippen LogP contribution in [0.3, 0.4) is 0 Å². The lowest BCUT2D eigenvalue weighted by Gasteiger charge is -2.10. The number of nitrogens with zero attached hydrogens (tertiary/aromatic N) is 2. The molecule has 1 aromatic carbocycles. The molecule has 25 heavy (non-hydrogen) atoms. The van der Waals surface area contributed by atoms with Gasteiger partial charge in [-0.25, -0.2) is 9.98 Å². The van der Waals surface area contributed by atoms with Gasteiger partial charge in [-0.05, 0) is 31.9 Å². The average molecular weight is 469 g/mol. The van der Waals surface area contributed by atoms with E-state index in [9.17, 15) is 0 Å². The Balaban J connectivity index is 0.00000225. The Bertz CT molecular complexity index is 824. The summed E-state index contributed by atoms with van der Waals surface area (Å²) in [5.41, 5.74) is 2.51. The molecule has 5 nitrogen and oxygen atoms in total. The number of aliphatic imine (C=N–C) groups is 1. The van der Waals surface area contributed by atoms with E-state index in [1.54, 1.807) is 11.3 Å². The van der Waals surface area contributed by atoms with Gasteiger partial charge in [-0.3, -0.25) is 0 Å². The van der Waals surface area contributed by atoms with Crippen molar-refractivity contribution in [3.05, 3.63) is 52.1 Å². The Labute approximate surface area is 169 Å². The molecule has 134 valence electrons. The van der Waals surface area contributed by atoms with Crippen LogP contribution in [0.2, 0.25) is 0 Å². The van der Waals surface area contributed by atoms with E-state index in [1.807, 2.05) is 13.1 Å². The summed E-state index contributed by atoms with van der Waals surface area (Å²) in [6, 6.07) is 8.40. The summed E-state index contributed by atoms with van der Waals surface area (Å²) in [5.74, 6) is 0.850. The number of guanidine groups is 1. The molecule has 3 N–H and O–H groups in total. The fourth-order valence-electron chi connectivity index (χ4n) is 2.63. The van der Waals surface area contributed by atoms with Crippen LogP contribution in [-0.2, 0) is 13.0 Å². The second-order valence-corrected chi connectivity index (χ2v) is 6.90. The summed E-state index contributed by atoms with van der Waals surface area (Å²) >= 11 is 1.69. The molecule has 0 aliphatic rings. The molecule has 0 aliphatic carbocycles. The first-order valence-corrected chi connectivity index (χ1v) is 9.06. The molecule has 3 rings (SSSR count). The van der Waals surface area contributed by atoms with Gasteiger partial charge in [0, 0.05) is 41.3 Å². The number of aryl methyl sites for hydroxylation is 1. The highest BCUT2D eigenvalue weighted by molar-refractivity contribution is 14.0. The molecule has 7 heteroatoms. The van der Waals surface area contributed by atoms with Crippen molar-refractivity contribution in [2.45, 2.75) is 26.8 Å². The number of nitrogens with one attached hydrogen (secondary N) is 3. The Hall–Kier alpha value is -1.61. The highest BCUT2D eigenvalue weighted by Crippen LogP contribution is 2.17. The van der Waals surface area contributed by atoms with Crippen LogP contribution in [0.5, 0.6) is 0 Å². The van der Waals surface area contributed by atoms with Gasteiger partial charge >= 0.3 is 0 Å². The number of aromatic nitrogens is 2. The van der Waals surface area contributed by atoms with Gasteiger partial charge in [0.15, 0.2) is 5.96 Å². The zero-order chi connectivity index (χ0) is 16.8. The number of para-hydroxylation sites is 1. The van der Waals surface area contributed by atoms with Crippen LogP contribution >= 0.6 is 35.3 Å². The van der Waals surface area contributed by atoms with Gasteiger partial charge in [0.2, 0.25) is 0 Å². The first kappa shape index (κ1) is 19.7. The molecule has 2 heterocycles. The Morgan fingerprint density at radius 2 is 2.12 bits per heavy atom. The second kappa shape index (κ2) is 9.76. The SMILES string of the molecule is CCNC(=NCc1cnc(C)s1)NCCc1c[nH]c2ccccc12.I. The molecule has 0 saturated heterocycles. The molecule has 3 aromatic rings. The number of H-pyrrole nitrogens is 1. The number of hydrogen-bond acceptors (Lipinski definition) is 3. The number of hydrogen-bond donors (Lipinski definition) is 3. The van der Waals surface area contributed by atoms with Crippen LogP contribution in [0.1, 0.15) is 22.4 Å².